The third kappa shape index (κ3) is 5.21. The topological polar surface area (TPSA) is 60.1 Å². The Balaban J connectivity index is 1.60. The van der Waals surface area contributed by atoms with Gasteiger partial charge in [-0.05, 0) is 35.9 Å². The van der Waals surface area contributed by atoms with Gasteiger partial charge in [-0.3, -0.25) is 9.48 Å². The number of halogens is 4. The van der Waals surface area contributed by atoms with E-state index in [4.69, 9.17) is 27.6 Å². The summed E-state index contributed by atoms with van der Waals surface area (Å²) >= 11 is 11.9. The summed E-state index contributed by atoms with van der Waals surface area (Å²) in [6.45, 7) is 0.921. The molecule has 146 valence electrons. The van der Waals surface area contributed by atoms with Crippen LogP contribution in [-0.4, -0.2) is 15.7 Å². The maximum atomic E-state index is 13.2. The number of aromatic nitrogens is 2. The Bertz CT molecular complexity index is 1020. The summed E-state index contributed by atoms with van der Waals surface area (Å²) in [5, 5.41) is 7.69. The highest BCUT2D eigenvalue weighted by Gasteiger charge is 2.28. The molecule has 0 fully saturated rings. The van der Waals surface area contributed by atoms with Gasteiger partial charge >= 0.3 is 5.92 Å². The standard InChI is InChI=1S/C19H15Cl2F2N3O2/c1-19(22,23)16-6-5-14(28-16)11-26-9-8-17(25-26)24-18(27)7-3-12-2-4-13(20)10-15(12)21/h2-10H,11H2,1H3,(H,24,25,27). The van der Waals surface area contributed by atoms with Gasteiger partial charge in [-0.2, -0.15) is 13.9 Å². The first-order chi connectivity index (χ1) is 13.2. The number of benzene rings is 1. The van der Waals surface area contributed by atoms with Gasteiger partial charge < -0.3 is 9.73 Å². The minimum absolute atomic E-state index is 0.155. The molecule has 1 aromatic carbocycles. The molecule has 28 heavy (non-hydrogen) atoms. The highest BCUT2D eigenvalue weighted by atomic mass is 35.5. The summed E-state index contributed by atoms with van der Waals surface area (Å²) in [5.74, 6) is -3.21. The van der Waals surface area contributed by atoms with Gasteiger partial charge in [0.1, 0.15) is 5.76 Å². The first kappa shape index (κ1) is 20.1. The van der Waals surface area contributed by atoms with E-state index in [-0.39, 0.29) is 6.54 Å². The molecule has 0 aliphatic carbocycles. The molecule has 0 aliphatic rings. The number of nitrogens with one attached hydrogen (secondary N) is 1. The summed E-state index contributed by atoms with van der Waals surface area (Å²) in [4.78, 5) is 12.0. The van der Waals surface area contributed by atoms with Crippen LogP contribution >= 0.6 is 23.2 Å². The van der Waals surface area contributed by atoms with Gasteiger partial charge in [0.15, 0.2) is 11.6 Å². The fourth-order valence-corrected chi connectivity index (χ4v) is 2.82. The Morgan fingerprint density at radius 3 is 2.75 bits per heavy atom. The minimum Gasteiger partial charge on any atom is -0.458 e. The quantitative estimate of drug-likeness (QED) is 0.523. The molecular weight excluding hydrogens is 411 g/mol. The molecule has 2 heterocycles. The minimum atomic E-state index is -3.04. The number of carbonyl (C=O) groups is 1. The summed E-state index contributed by atoms with van der Waals surface area (Å²) in [6, 6.07) is 9.22. The number of furan rings is 1. The van der Waals surface area contributed by atoms with Crippen molar-refractivity contribution < 1.29 is 18.0 Å². The summed E-state index contributed by atoms with van der Waals surface area (Å²) < 4.78 is 33.0. The molecule has 0 radical (unpaired) electrons. The summed E-state index contributed by atoms with van der Waals surface area (Å²) in [7, 11) is 0. The molecule has 0 saturated carbocycles. The van der Waals surface area contributed by atoms with Gasteiger partial charge in [0.25, 0.3) is 0 Å². The third-order valence-corrected chi connectivity index (χ3v) is 4.24. The van der Waals surface area contributed by atoms with Crippen LogP contribution in [0.2, 0.25) is 10.0 Å². The zero-order valence-corrected chi connectivity index (χ0v) is 16.1. The number of alkyl halides is 2. The van der Waals surface area contributed by atoms with Gasteiger partial charge in [0, 0.05) is 35.3 Å². The van der Waals surface area contributed by atoms with Crippen molar-refractivity contribution in [3.8, 4) is 0 Å². The fourth-order valence-electron chi connectivity index (χ4n) is 2.34. The Labute approximate surface area is 169 Å². The number of rotatable bonds is 6. The molecule has 3 aromatic rings. The van der Waals surface area contributed by atoms with E-state index in [1.165, 1.54) is 22.9 Å². The predicted molar refractivity (Wildman–Crippen MR) is 104 cm³/mol. The number of hydrogen-bond acceptors (Lipinski definition) is 3. The van der Waals surface area contributed by atoms with Crippen LogP contribution in [-0.2, 0) is 17.3 Å². The molecule has 0 unspecified atom stereocenters. The monoisotopic (exact) mass is 425 g/mol. The van der Waals surface area contributed by atoms with Gasteiger partial charge in [-0.15, -0.1) is 0 Å². The molecule has 3 rings (SSSR count). The smallest absolute Gasteiger partial charge is 0.301 e. The predicted octanol–water partition coefficient (Wildman–Crippen LogP) is 5.59. The van der Waals surface area contributed by atoms with Gasteiger partial charge in [0.2, 0.25) is 5.91 Å². The van der Waals surface area contributed by atoms with Crippen molar-refractivity contribution in [3.63, 3.8) is 0 Å². The van der Waals surface area contributed by atoms with Crippen molar-refractivity contribution in [2.24, 2.45) is 0 Å². The molecule has 9 heteroatoms. The molecule has 0 spiro atoms. The molecule has 0 saturated heterocycles. The maximum Gasteiger partial charge on any atom is 0.301 e. The Kier molecular flexibility index (Phi) is 5.86. The van der Waals surface area contributed by atoms with E-state index in [2.05, 4.69) is 10.4 Å². The number of amides is 1. The Morgan fingerprint density at radius 1 is 1.29 bits per heavy atom. The molecule has 1 N–H and O–H groups in total. The van der Waals surface area contributed by atoms with Crippen molar-refractivity contribution in [3.05, 3.63) is 75.8 Å². The van der Waals surface area contributed by atoms with Crippen LogP contribution in [0.3, 0.4) is 0 Å². The number of anilines is 1. The van der Waals surface area contributed by atoms with E-state index in [0.29, 0.717) is 27.2 Å². The van der Waals surface area contributed by atoms with Crippen LogP contribution in [0.1, 0.15) is 24.0 Å². The van der Waals surface area contributed by atoms with Crippen LogP contribution in [0.5, 0.6) is 0 Å². The van der Waals surface area contributed by atoms with Crippen molar-refractivity contribution in [1.29, 1.82) is 0 Å². The lowest BCUT2D eigenvalue weighted by atomic mass is 10.2. The van der Waals surface area contributed by atoms with E-state index >= 15 is 0 Å². The molecule has 2 aromatic heterocycles. The number of hydrogen-bond donors (Lipinski definition) is 1. The average molecular weight is 426 g/mol. The van der Waals surface area contributed by atoms with E-state index in [1.807, 2.05) is 0 Å². The van der Waals surface area contributed by atoms with E-state index in [0.717, 1.165) is 6.92 Å². The lowest BCUT2D eigenvalue weighted by molar-refractivity contribution is -0.111. The van der Waals surface area contributed by atoms with Crippen LogP contribution in [0, 0.1) is 0 Å². The molecular formula is C19H15Cl2F2N3O2. The molecule has 0 aliphatic heterocycles. The van der Waals surface area contributed by atoms with E-state index in [1.54, 1.807) is 36.5 Å². The summed E-state index contributed by atoms with van der Waals surface area (Å²) in [6.07, 6.45) is 4.47. The second-order valence-electron chi connectivity index (χ2n) is 6.04. The zero-order chi connectivity index (χ0) is 20.3. The van der Waals surface area contributed by atoms with E-state index in [9.17, 15) is 13.6 Å². The second-order valence-corrected chi connectivity index (χ2v) is 6.88. The Morgan fingerprint density at radius 2 is 2.07 bits per heavy atom. The van der Waals surface area contributed by atoms with Crippen LogP contribution in [0.25, 0.3) is 6.08 Å². The lowest BCUT2D eigenvalue weighted by Crippen LogP contribution is -2.09. The first-order valence-electron chi connectivity index (χ1n) is 8.15. The number of nitrogens with zero attached hydrogens (tertiary/aromatic N) is 2. The largest absolute Gasteiger partial charge is 0.458 e. The molecule has 0 bridgehead atoms. The third-order valence-electron chi connectivity index (χ3n) is 3.68. The summed E-state index contributed by atoms with van der Waals surface area (Å²) in [5.41, 5.74) is 0.646. The van der Waals surface area contributed by atoms with Crippen LogP contribution in [0.15, 0.2) is 53.1 Å². The molecule has 0 atom stereocenters. The van der Waals surface area contributed by atoms with Crippen molar-refractivity contribution in [2.45, 2.75) is 19.4 Å². The highest BCUT2D eigenvalue weighted by Crippen LogP contribution is 2.28. The highest BCUT2D eigenvalue weighted by molar-refractivity contribution is 6.35. The normalized spacial score (nSPS) is 11.9. The maximum absolute atomic E-state index is 13.2. The van der Waals surface area contributed by atoms with Crippen molar-refractivity contribution in [2.75, 3.05) is 5.32 Å². The Hall–Kier alpha value is -2.64. The second kappa shape index (κ2) is 8.16. The average Bonchev–Trinajstić information content (AvgIpc) is 3.24. The van der Waals surface area contributed by atoms with Gasteiger partial charge in [-0.1, -0.05) is 29.3 Å². The van der Waals surface area contributed by atoms with E-state index < -0.39 is 17.6 Å². The van der Waals surface area contributed by atoms with Crippen molar-refractivity contribution in [1.82, 2.24) is 9.78 Å². The van der Waals surface area contributed by atoms with Gasteiger partial charge in [-0.25, -0.2) is 0 Å². The zero-order valence-electron chi connectivity index (χ0n) is 14.6. The SMILES string of the molecule is CC(F)(F)c1ccc(Cn2ccc(NC(=O)C=Cc3ccc(Cl)cc3Cl)n2)o1. The first-order valence-corrected chi connectivity index (χ1v) is 8.91. The van der Waals surface area contributed by atoms with Crippen LogP contribution in [0.4, 0.5) is 14.6 Å². The fraction of sp³-hybridized carbons (Fsp3) is 0.158. The molecule has 5 nitrogen and oxygen atoms in total. The lowest BCUT2D eigenvalue weighted by Gasteiger charge is -2.05. The number of carbonyl (C=O) groups excluding carboxylic acids is 1. The molecule has 1 amide bonds. The van der Waals surface area contributed by atoms with Crippen LogP contribution < -0.4 is 5.32 Å². The van der Waals surface area contributed by atoms with Crippen molar-refractivity contribution >= 4 is 41.0 Å². The van der Waals surface area contributed by atoms with Gasteiger partial charge in [0.05, 0.1) is 6.54 Å².